The molecule has 1 N–H and O–H groups in total. The Hall–Kier alpha value is -2.02. The van der Waals surface area contributed by atoms with Crippen LogP contribution in [0.15, 0.2) is 29.2 Å². The zero-order chi connectivity index (χ0) is 15.4. The molecule has 0 aromatic heterocycles. The van der Waals surface area contributed by atoms with E-state index in [1.165, 1.54) is 18.7 Å². The molecule has 21 heavy (non-hydrogen) atoms. The topological polar surface area (TPSA) is 75.7 Å². The third kappa shape index (κ3) is 3.36. The molecule has 1 unspecified atom stereocenters. The number of carbonyl (C=O) groups excluding carboxylic acids is 3. The molecule has 6 nitrogen and oxygen atoms in total. The van der Waals surface area contributed by atoms with Crippen LogP contribution >= 0.6 is 11.8 Å². The highest BCUT2D eigenvalue weighted by molar-refractivity contribution is 7.98. The molecule has 1 aromatic carbocycles. The molecule has 1 fully saturated rings. The first-order chi connectivity index (χ1) is 10.0. The van der Waals surface area contributed by atoms with Gasteiger partial charge in [0.1, 0.15) is 0 Å². The Kier molecular flexibility index (Phi) is 4.85. The molecule has 3 amide bonds. The zero-order valence-electron chi connectivity index (χ0n) is 11.8. The van der Waals surface area contributed by atoms with Crippen molar-refractivity contribution in [1.29, 1.82) is 0 Å². The highest BCUT2D eigenvalue weighted by atomic mass is 32.2. The lowest BCUT2D eigenvalue weighted by atomic mass is 10.2. The van der Waals surface area contributed by atoms with Gasteiger partial charge in [0.2, 0.25) is 0 Å². The molecule has 7 heteroatoms. The lowest BCUT2D eigenvalue weighted by molar-refractivity contribution is -0.136. The summed E-state index contributed by atoms with van der Waals surface area (Å²) in [5.41, 5.74) is 0.413. The average molecular weight is 308 g/mol. The first kappa shape index (κ1) is 15.4. The monoisotopic (exact) mass is 308 g/mol. The number of amides is 3. The van der Waals surface area contributed by atoms with Crippen LogP contribution in [0.1, 0.15) is 17.3 Å². The van der Waals surface area contributed by atoms with Gasteiger partial charge < -0.3 is 10.1 Å². The van der Waals surface area contributed by atoms with E-state index in [0.29, 0.717) is 18.7 Å². The molecule has 0 aliphatic carbocycles. The third-order valence-electron chi connectivity index (χ3n) is 3.08. The molecule has 1 aromatic rings. The van der Waals surface area contributed by atoms with Crippen molar-refractivity contribution in [1.82, 2.24) is 10.2 Å². The number of hydrogen-bond donors (Lipinski definition) is 1. The minimum absolute atomic E-state index is 0.293. The molecule has 1 saturated heterocycles. The maximum Gasteiger partial charge on any atom is 0.340 e. The first-order valence-corrected chi connectivity index (χ1v) is 7.70. The molecule has 2 rings (SSSR count). The minimum Gasteiger partial charge on any atom is -0.449 e. The predicted molar refractivity (Wildman–Crippen MR) is 78.2 cm³/mol. The van der Waals surface area contributed by atoms with E-state index in [4.69, 9.17) is 4.74 Å². The highest BCUT2D eigenvalue weighted by Gasteiger charge is 2.32. The largest absolute Gasteiger partial charge is 0.449 e. The number of thioether (sulfide) groups is 1. The molecule has 0 spiro atoms. The quantitative estimate of drug-likeness (QED) is 0.674. The maximum atomic E-state index is 12.1. The number of nitrogens with one attached hydrogen (secondary N) is 1. The summed E-state index contributed by atoms with van der Waals surface area (Å²) in [7, 11) is 0. The molecular weight excluding hydrogens is 292 g/mol. The molecule has 0 bridgehead atoms. The average Bonchev–Trinajstić information content (AvgIpc) is 2.92. The van der Waals surface area contributed by atoms with Crippen LogP contribution in [0.5, 0.6) is 0 Å². The summed E-state index contributed by atoms with van der Waals surface area (Å²) in [6.45, 7) is 2.18. The summed E-state index contributed by atoms with van der Waals surface area (Å²) in [6.07, 6.45) is 0.853. The lowest BCUT2D eigenvalue weighted by Crippen LogP contribution is -2.41. The number of rotatable bonds is 4. The van der Waals surface area contributed by atoms with E-state index >= 15 is 0 Å². The Morgan fingerprint density at radius 3 is 2.71 bits per heavy atom. The van der Waals surface area contributed by atoms with Crippen LogP contribution in [0.4, 0.5) is 4.79 Å². The SMILES string of the molecule is CSc1ccccc1C(=O)OC(C)C(=O)N1CCNC1=O. The fourth-order valence-corrected chi connectivity index (χ4v) is 2.58. The van der Waals surface area contributed by atoms with Gasteiger partial charge in [-0.25, -0.2) is 9.59 Å². The van der Waals surface area contributed by atoms with Crippen molar-refractivity contribution in [2.75, 3.05) is 19.3 Å². The Morgan fingerprint density at radius 2 is 2.10 bits per heavy atom. The predicted octanol–water partition coefficient (Wildman–Crippen LogP) is 1.51. The summed E-state index contributed by atoms with van der Waals surface area (Å²) < 4.78 is 5.18. The van der Waals surface area contributed by atoms with Crippen molar-refractivity contribution in [3.05, 3.63) is 29.8 Å². The van der Waals surface area contributed by atoms with Crippen LogP contribution in [-0.4, -0.2) is 48.3 Å². The number of carbonyl (C=O) groups is 3. The van der Waals surface area contributed by atoms with Gasteiger partial charge in [-0.3, -0.25) is 9.69 Å². The second kappa shape index (κ2) is 6.62. The van der Waals surface area contributed by atoms with Gasteiger partial charge in [-0.2, -0.15) is 0 Å². The fraction of sp³-hybridized carbons (Fsp3) is 0.357. The number of ether oxygens (including phenoxy) is 1. The Morgan fingerprint density at radius 1 is 1.38 bits per heavy atom. The maximum absolute atomic E-state index is 12.1. The molecular formula is C14H16N2O4S. The number of hydrogen-bond acceptors (Lipinski definition) is 5. The zero-order valence-corrected chi connectivity index (χ0v) is 12.6. The molecule has 1 aliphatic heterocycles. The van der Waals surface area contributed by atoms with E-state index in [2.05, 4.69) is 5.32 Å². The standard InChI is InChI=1S/C14H16N2O4S/c1-9(12(17)16-8-7-15-14(16)19)20-13(18)10-5-3-4-6-11(10)21-2/h3-6,9H,7-8H2,1-2H3,(H,15,19). The summed E-state index contributed by atoms with van der Waals surface area (Å²) in [5, 5.41) is 2.53. The number of urea groups is 1. The highest BCUT2D eigenvalue weighted by Crippen LogP contribution is 2.21. The second-order valence-electron chi connectivity index (χ2n) is 4.47. The van der Waals surface area contributed by atoms with Crippen LogP contribution < -0.4 is 5.32 Å². The summed E-state index contributed by atoms with van der Waals surface area (Å²) in [4.78, 5) is 37.4. The van der Waals surface area contributed by atoms with Crippen LogP contribution in [0.3, 0.4) is 0 Å². The normalized spacial score (nSPS) is 15.5. The van der Waals surface area contributed by atoms with Gasteiger partial charge in [0.05, 0.1) is 5.56 Å². The van der Waals surface area contributed by atoms with Gasteiger partial charge in [0.15, 0.2) is 6.10 Å². The van der Waals surface area contributed by atoms with Crippen LogP contribution in [-0.2, 0) is 9.53 Å². The van der Waals surface area contributed by atoms with Crippen molar-refractivity contribution in [2.24, 2.45) is 0 Å². The molecule has 1 aliphatic rings. The first-order valence-electron chi connectivity index (χ1n) is 6.47. The summed E-state index contributed by atoms with van der Waals surface area (Å²) in [6, 6.07) is 6.56. The van der Waals surface area contributed by atoms with Crippen molar-refractivity contribution in [2.45, 2.75) is 17.9 Å². The van der Waals surface area contributed by atoms with Gasteiger partial charge in [0, 0.05) is 18.0 Å². The van der Waals surface area contributed by atoms with Gasteiger partial charge in [-0.15, -0.1) is 11.8 Å². The van der Waals surface area contributed by atoms with Crippen LogP contribution in [0, 0.1) is 0 Å². The van der Waals surface area contributed by atoms with E-state index in [1.807, 2.05) is 18.4 Å². The van der Waals surface area contributed by atoms with E-state index in [9.17, 15) is 14.4 Å². The number of nitrogens with zero attached hydrogens (tertiary/aromatic N) is 1. The second-order valence-corrected chi connectivity index (χ2v) is 5.32. The van der Waals surface area contributed by atoms with Gasteiger partial charge in [-0.05, 0) is 25.3 Å². The van der Waals surface area contributed by atoms with Crippen molar-refractivity contribution in [3.63, 3.8) is 0 Å². The van der Waals surface area contributed by atoms with Crippen molar-refractivity contribution in [3.8, 4) is 0 Å². The summed E-state index contributed by atoms with van der Waals surface area (Å²) >= 11 is 1.42. The van der Waals surface area contributed by atoms with E-state index in [1.54, 1.807) is 12.1 Å². The van der Waals surface area contributed by atoms with Crippen molar-refractivity contribution >= 4 is 29.7 Å². The van der Waals surface area contributed by atoms with Crippen molar-refractivity contribution < 1.29 is 19.1 Å². The fourth-order valence-electron chi connectivity index (χ4n) is 1.99. The Balaban J connectivity index is 2.05. The van der Waals surface area contributed by atoms with E-state index in [0.717, 1.165) is 9.80 Å². The Labute approximate surface area is 126 Å². The molecule has 1 heterocycles. The molecule has 0 saturated carbocycles. The van der Waals surface area contributed by atoms with Gasteiger partial charge in [0.25, 0.3) is 5.91 Å². The number of imide groups is 1. The Bertz CT molecular complexity index is 576. The summed E-state index contributed by atoms with van der Waals surface area (Å²) in [5.74, 6) is -1.08. The van der Waals surface area contributed by atoms with E-state index in [-0.39, 0.29) is 0 Å². The van der Waals surface area contributed by atoms with E-state index < -0.39 is 24.0 Å². The van der Waals surface area contributed by atoms with Gasteiger partial charge >= 0.3 is 12.0 Å². The molecule has 0 radical (unpaired) electrons. The lowest BCUT2D eigenvalue weighted by Gasteiger charge is -2.18. The third-order valence-corrected chi connectivity index (χ3v) is 3.88. The van der Waals surface area contributed by atoms with Crippen LogP contribution in [0.25, 0.3) is 0 Å². The molecule has 112 valence electrons. The smallest absolute Gasteiger partial charge is 0.340 e. The number of benzene rings is 1. The van der Waals surface area contributed by atoms with Gasteiger partial charge in [-0.1, -0.05) is 12.1 Å². The molecule has 1 atom stereocenters. The number of esters is 1. The van der Waals surface area contributed by atoms with Crippen LogP contribution in [0.2, 0.25) is 0 Å². The minimum atomic E-state index is -1.00.